The lowest BCUT2D eigenvalue weighted by atomic mass is 10.2. The van der Waals surface area contributed by atoms with Crippen LogP contribution in [0.3, 0.4) is 0 Å². The molecule has 1 atom stereocenters. The van der Waals surface area contributed by atoms with E-state index in [4.69, 9.17) is 10.2 Å². The van der Waals surface area contributed by atoms with Gasteiger partial charge in [-0.1, -0.05) is 0 Å². The van der Waals surface area contributed by atoms with Crippen LogP contribution in [0.15, 0.2) is 27.4 Å². The van der Waals surface area contributed by atoms with Crippen LogP contribution < -0.4 is 5.73 Å². The van der Waals surface area contributed by atoms with Crippen LogP contribution in [0, 0.1) is 0 Å². The average molecular weight is 243 g/mol. The number of H-pyrrole nitrogens is 1. The van der Waals surface area contributed by atoms with Gasteiger partial charge >= 0.3 is 0 Å². The number of aromatic amines is 1. The van der Waals surface area contributed by atoms with Crippen molar-refractivity contribution in [2.45, 2.75) is 6.04 Å². The summed E-state index contributed by atoms with van der Waals surface area (Å²) in [5.41, 5.74) is 6.51. The van der Waals surface area contributed by atoms with E-state index in [1.807, 2.05) is 0 Å². The summed E-state index contributed by atoms with van der Waals surface area (Å²) in [5, 5.41) is 10.0. The molecule has 2 rings (SSSR count). The number of nitrogens with one attached hydrogen (secondary N) is 1. The fourth-order valence-corrected chi connectivity index (χ4v) is 1.47. The second-order valence-corrected chi connectivity index (χ2v) is 3.36. The van der Waals surface area contributed by atoms with Gasteiger partial charge in [0.25, 0.3) is 0 Å². The summed E-state index contributed by atoms with van der Waals surface area (Å²) in [6, 6.07) is 1.40. The van der Waals surface area contributed by atoms with Crippen molar-refractivity contribution in [1.29, 1.82) is 0 Å². The number of nitrogens with zero attached hydrogens (tertiary/aromatic N) is 2. The Kier molecular flexibility index (Phi) is 2.15. The zero-order valence-electron chi connectivity index (χ0n) is 6.57. The minimum atomic E-state index is -0.386. The highest BCUT2D eigenvalue weighted by molar-refractivity contribution is 9.10. The molecule has 0 spiro atoms. The minimum absolute atomic E-state index is 0.386. The van der Waals surface area contributed by atoms with Crippen molar-refractivity contribution in [3.63, 3.8) is 0 Å². The maximum absolute atomic E-state index is 5.86. The molecule has 2 aromatic rings. The molecule has 0 aromatic carbocycles. The van der Waals surface area contributed by atoms with Gasteiger partial charge in [-0.15, -0.1) is 0 Å². The van der Waals surface area contributed by atoms with E-state index < -0.39 is 0 Å². The molecular formula is C7H7BrN4O. The molecule has 0 aliphatic carbocycles. The van der Waals surface area contributed by atoms with Gasteiger partial charge in [-0.2, -0.15) is 15.4 Å². The Hall–Kier alpha value is -1.14. The zero-order chi connectivity index (χ0) is 9.26. The average Bonchev–Trinajstić information content (AvgIpc) is 2.72. The Morgan fingerprint density at radius 1 is 1.62 bits per heavy atom. The fourth-order valence-electron chi connectivity index (χ4n) is 1.02. The zero-order valence-corrected chi connectivity index (χ0v) is 8.15. The van der Waals surface area contributed by atoms with Crippen LogP contribution in [-0.2, 0) is 0 Å². The van der Waals surface area contributed by atoms with Crippen LogP contribution >= 0.6 is 15.9 Å². The first-order chi connectivity index (χ1) is 6.29. The molecule has 5 nitrogen and oxygen atoms in total. The number of aromatic nitrogens is 3. The molecule has 6 heteroatoms. The van der Waals surface area contributed by atoms with E-state index in [-0.39, 0.29) is 6.04 Å². The maximum Gasteiger partial charge on any atom is 0.140 e. The number of rotatable bonds is 2. The lowest BCUT2D eigenvalue weighted by molar-refractivity contribution is 0.484. The van der Waals surface area contributed by atoms with E-state index in [1.165, 1.54) is 0 Å². The third-order valence-electron chi connectivity index (χ3n) is 1.68. The molecule has 68 valence electrons. The monoisotopic (exact) mass is 242 g/mol. The van der Waals surface area contributed by atoms with Crippen molar-refractivity contribution in [2.75, 3.05) is 0 Å². The topological polar surface area (TPSA) is 80.7 Å². The van der Waals surface area contributed by atoms with Crippen molar-refractivity contribution < 1.29 is 4.42 Å². The van der Waals surface area contributed by atoms with Crippen LogP contribution in [0.5, 0.6) is 0 Å². The number of hydrogen-bond donors (Lipinski definition) is 2. The minimum Gasteiger partial charge on any atom is -0.466 e. The third kappa shape index (κ3) is 1.50. The van der Waals surface area contributed by atoms with Gasteiger partial charge in [0.2, 0.25) is 0 Å². The summed E-state index contributed by atoms with van der Waals surface area (Å²) in [6.07, 6.45) is 3.14. The van der Waals surface area contributed by atoms with Crippen molar-refractivity contribution in [3.8, 4) is 0 Å². The van der Waals surface area contributed by atoms with Crippen LogP contribution in [0.1, 0.15) is 17.5 Å². The summed E-state index contributed by atoms with van der Waals surface area (Å²) < 4.78 is 6.03. The van der Waals surface area contributed by atoms with E-state index in [1.54, 1.807) is 18.5 Å². The molecule has 3 N–H and O–H groups in total. The number of hydrogen-bond acceptors (Lipinski definition) is 4. The van der Waals surface area contributed by atoms with Gasteiger partial charge in [0.05, 0.1) is 16.9 Å². The highest BCUT2D eigenvalue weighted by atomic mass is 79.9. The van der Waals surface area contributed by atoms with Gasteiger partial charge in [-0.3, -0.25) is 0 Å². The van der Waals surface area contributed by atoms with Crippen molar-refractivity contribution in [3.05, 3.63) is 34.5 Å². The van der Waals surface area contributed by atoms with E-state index in [9.17, 15) is 0 Å². The number of halogens is 1. The van der Waals surface area contributed by atoms with Crippen molar-refractivity contribution >= 4 is 15.9 Å². The Morgan fingerprint density at radius 3 is 3.00 bits per heavy atom. The summed E-state index contributed by atoms with van der Waals surface area (Å²) in [5.74, 6) is 0.647. The first kappa shape index (κ1) is 8.46. The second kappa shape index (κ2) is 3.31. The highest BCUT2D eigenvalue weighted by Gasteiger charge is 2.17. The SMILES string of the molecule is NC(c1cn[nH]n1)c1occc1Br. The third-order valence-corrected chi connectivity index (χ3v) is 2.33. The first-order valence-corrected chi connectivity index (χ1v) is 4.42. The van der Waals surface area contributed by atoms with E-state index in [0.29, 0.717) is 11.5 Å². The van der Waals surface area contributed by atoms with Crippen LogP contribution in [0.25, 0.3) is 0 Å². The summed E-state index contributed by atoms with van der Waals surface area (Å²) in [6.45, 7) is 0. The molecule has 0 bridgehead atoms. The van der Waals surface area contributed by atoms with Crippen molar-refractivity contribution in [2.24, 2.45) is 5.73 Å². The van der Waals surface area contributed by atoms with Crippen LogP contribution in [0.2, 0.25) is 0 Å². The summed E-state index contributed by atoms with van der Waals surface area (Å²) >= 11 is 3.32. The Labute approximate surface area is 82.4 Å². The summed E-state index contributed by atoms with van der Waals surface area (Å²) in [7, 11) is 0. The number of nitrogens with two attached hydrogens (primary N) is 1. The van der Waals surface area contributed by atoms with Gasteiger partial charge in [0.15, 0.2) is 0 Å². The Morgan fingerprint density at radius 2 is 2.46 bits per heavy atom. The summed E-state index contributed by atoms with van der Waals surface area (Å²) in [4.78, 5) is 0. The Balaban J connectivity index is 2.33. The van der Waals surface area contributed by atoms with Crippen LogP contribution in [-0.4, -0.2) is 15.4 Å². The first-order valence-electron chi connectivity index (χ1n) is 3.63. The van der Waals surface area contributed by atoms with E-state index in [0.717, 1.165) is 4.47 Å². The van der Waals surface area contributed by atoms with Crippen molar-refractivity contribution in [1.82, 2.24) is 15.4 Å². The lowest BCUT2D eigenvalue weighted by Crippen LogP contribution is -2.11. The van der Waals surface area contributed by atoms with E-state index >= 15 is 0 Å². The molecule has 0 fully saturated rings. The lowest BCUT2D eigenvalue weighted by Gasteiger charge is -2.04. The van der Waals surface area contributed by atoms with Crippen LogP contribution in [0.4, 0.5) is 0 Å². The molecule has 0 aliphatic rings. The molecule has 13 heavy (non-hydrogen) atoms. The second-order valence-electron chi connectivity index (χ2n) is 2.51. The molecule has 0 saturated heterocycles. The Bertz CT molecular complexity index is 383. The standard InChI is InChI=1S/C7H7BrN4O/c8-4-1-2-13-7(4)6(9)5-3-10-12-11-5/h1-3,6H,9H2,(H,10,11,12). The predicted molar refractivity (Wildman–Crippen MR) is 48.8 cm³/mol. The smallest absolute Gasteiger partial charge is 0.140 e. The maximum atomic E-state index is 5.86. The largest absolute Gasteiger partial charge is 0.466 e. The molecule has 2 heterocycles. The molecule has 0 aliphatic heterocycles. The van der Waals surface area contributed by atoms with Gasteiger partial charge < -0.3 is 10.2 Å². The quantitative estimate of drug-likeness (QED) is 0.830. The molecule has 0 radical (unpaired) electrons. The van der Waals surface area contributed by atoms with Gasteiger partial charge in [-0.05, 0) is 22.0 Å². The van der Waals surface area contributed by atoms with Gasteiger partial charge in [0.1, 0.15) is 17.5 Å². The molecular weight excluding hydrogens is 236 g/mol. The van der Waals surface area contributed by atoms with E-state index in [2.05, 4.69) is 31.3 Å². The predicted octanol–water partition coefficient (Wildman–Crippen LogP) is 1.21. The number of furan rings is 1. The molecule has 1 unspecified atom stereocenters. The molecule has 0 amide bonds. The molecule has 2 aromatic heterocycles. The normalized spacial score (nSPS) is 13.1. The highest BCUT2D eigenvalue weighted by Crippen LogP contribution is 2.25. The molecule has 0 saturated carbocycles. The van der Waals surface area contributed by atoms with Gasteiger partial charge in [0, 0.05) is 0 Å². The fraction of sp³-hybridized carbons (Fsp3) is 0.143. The van der Waals surface area contributed by atoms with Gasteiger partial charge in [-0.25, -0.2) is 0 Å².